The van der Waals surface area contributed by atoms with Crippen LogP contribution in [0.3, 0.4) is 0 Å². The number of carbonyl (C=O) groups excluding carboxylic acids is 1. The van der Waals surface area contributed by atoms with Gasteiger partial charge in [-0.15, -0.1) is 0 Å². The Labute approximate surface area is 171 Å². The number of nitrogens with one attached hydrogen (secondary N) is 3. The molecule has 2 unspecified atom stereocenters. The number of hydrogen-bond acceptors (Lipinski definition) is 6. The summed E-state index contributed by atoms with van der Waals surface area (Å²) in [6.45, 7) is 0.405. The molecule has 1 amide bonds. The molecule has 146 valence electrons. The van der Waals surface area contributed by atoms with Crippen LogP contribution < -0.4 is 15.6 Å². The van der Waals surface area contributed by atoms with Gasteiger partial charge in [-0.3, -0.25) is 9.79 Å². The first kappa shape index (κ1) is 19.2. The van der Waals surface area contributed by atoms with E-state index in [-0.39, 0.29) is 28.7 Å². The Morgan fingerprint density at radius 1 is 1.32 bits per heavy atom. The van der Waals surface area contributed by atoms with Crippen molar-refractivity contribution in [2.45, 2.75) is 17.8 Å². The van der Waals surface area contributed by atoms with E-state index in [4.69, 9.17) is 11.6 Å². The van der Waals surface area contributed by atoms with Gasteiger partial charge < -0.3 is 10.6 Å². The molecular weight excluding hydrogens is 420 g/mol. The predicted molar refractivity (Wildman–Crippen MR) is 110 cm³/mol. The summed E-state index contributed by atoms with van der Waals surface area (Å²) in [6.07, 6.45) is 3.62. The first-order valence-corrected chi connectivity index (χ1v) is 11.7. The summed E-state index contributed by atoms with van der Waals surface area (Å²) >= 11 is 7.67. The topological polar surface area (TPSA) is 102 Å². The number of thioether (sulfide) groups is 1. The molecule has 2 atom stereocenters. The van der Waals surface area contributed by atoms with E-state index in [9.17, 15) is 13.2 Å². The molecule has 1 aromatic heterocycles. The Balaban J connectivity index is 1.43. The van der Waals surface area contributed by atoms with E-state index in [2.05, 4.69) is 20.6 Å². The van der Waals surface area contributed by atoms with Gasteiger partial charge in [-0.25, -0.2) is 13.4 Å². The Morgan fingerprint density at radius 2 is 2.18 bits per heavy atom. The number of fused-ring (bicyclic) bond motifs is 1. The van der Waals surface area contributed by atoms with Crippen LogP contribution in [0.25, 0.3) is 0 Å². The summed E-state index contributed by atoms with van der Waals surface area (Å²) in [6, 6.07) is 8.55. The summed E-state index contributed by atoms with van der Waals surface area (Å²) in [5.74, 6) is 0.0140. The third kappa shape index (κ3) is 4.31. The zero-order valence-electron chi connectivity index (χ0n) is 14.7. The van der Waals surface area contributed by atoms with Crippen LogP contribution in [0.2, 0.25) is 5.02 Å². The van der Waals surface area contributed by atoms with Gasteiger partial charge >= 0.3 is 0 Å². The van der Waals surface area contributed by atoms with Crippen molar-refractivity contribution in [1.82, 2.24) is 5.32 Å². The van der Waals surface area contributed by atoms with Crippen molar-refractivity contribution >= 4 is 50.0 Å². The Kier molecular flexibility index (Phi) is 5.31. The number of anilines is 1. The molecule has 0 saturated carbocycles. The van der Waals surface area contributed by atoms with E-state index in [1.54, 1.807) is 24.4 Å². The SMILES string of the molecule is O=C(NCc1ccc[nH+]c1)c1ccc(Cl)c(NC2=NC3CS(=O)(=O)CC3S2)c1. The second-order valence-corrected chi connectivity index (χ2v) is 10.4. The number of H-pyrrole nitrogens is 1. The van der Waals surface area contributed by atoms with E-state index in [0.29, 0.717) is 28.0 Å². The molecule has 1 fully saturated rings. The summed E-state index contributed by atoms with van der Waals surface area (Å²) in [5, 5.41) is 7.03. The van der Waals surface area contributed by atoms with Crippen molar-refractivity contribution in [2.24, 2.45) is 4.99 Å². The van der Waals surface area contributed by atoms with Crippen molar-refractivity contribution in [3.05, 3.63) is 58.9 Å². The second-order valence-electron chi connectivity index (χ2n) is 6.65. The normalized spacial score (nSPS) is 22.4. The molecule has 0 bridgehead atoms. The molecule has 2 aliphatic heterocycles. The van der Waals surface area contributed by atoms with Gasteiger partial charge in [-0.1, -0.05) is 23.4 Å². The van der Waals surface area contributed by atoms with Gasteiger partial charge in [0.15, 0.2) is 27.4 Å². The number of aromatic nitrogens is 1. The van der Waals surface area contributed by atoms with Gasteiger partial charge in [0.05, 0.1) is 28.3 Å². The van der Waals surface area contributed by atoms with Gasteiger partial charge in [0, 0.05) is 29.0 Å². The predicted octanol–water partition coefficient (Wildman–Crippen LogP) is 1.76. The lowest BCUT2D eigenvalue weighted by molar-refractivity contribution is -0.378. The number of halogens is 1. The number of aromatic amines is 1. The highest BCUT2D eigenvalue weighted by Gasteiger charge is 2.42. The molecule has 3 N–H and O–H groups in total. The number of amides is 1. The smallest absolute Gasteiger partial charge is 0.251 e. The van der Waals surface area contributed by atoms with E-state index < -0.39 is 9.84 Å². The highest BCUT2D eigenvalue weighted by Crippen LogP contribution is 2.35. The number of nitrogens with zero attached hydrogens (tertiary/aromatic N) is 1. The first-order chi connectivity index (χ1) is 13.4. The fraction of sp³-hybridized carbons (Fsp3) is 0.278. The molecule has 10 heteroatoms. The van der Waals surface area contributed by atoms with Gasteiger partial charge in [0.2, 0.25) is 0 Å². The van der Waals surface area contributed by atoms with Crippen molar-refractivity contribution in [2.75, 3.05) is 16.8 Å². The maximum absolute atomic E-state index is 12.5. The monoisotopic (exact) mass is 437 g/mol. The zero-order chi connectivity index (χ0) is 19.7. The van der Waals surface area contributed by atoms with Crippen molar-refractivity contribution in [3.63, 3.8) is 0 Å². The third-order valence-corrected chi connectivity index (χ3v) is 7.98. The van der Waals surface area contributed by atoms with Crippen LogP contribution in [0.15, 0.2) is 47.7 Å². The molecule has 3 heterocycles. The summed E-state index contributed by atoms with van der Waals surface area (Å²) in [5.41, 5.74) is 2.00. The minimum Gasteiger partial charge on any atom is -0.348 e. The van der Waals surface area contributed by atoms with E-state index in [0.717, 1.165) is 5.56 Å². The fourth-order valence-corrected chi connectivity index (χ4v) is 6.95. The standard InChI is InChI=1S/C18H17ClN4O3S2/c19-13-4-3-12(17(24)21-8-11-2-1-5-20-7-11)6-14(13)22-18-23-15-9-28(25,26)10-16(15)27-18/h1-7,15-16H,8-10H2,(H,21,24)(H,22,23)/p+1. The number of amidine groups is 1. The largest absolute Gasteiger partial charge is 0.348 e. The van der Waals surface area contributed by atoms with Crippen molar-refractivity contribution in [1.29, 1.82) is 0 Å². The quantitative estimate of drug-likeness (QED) is 0.758. The first-order valence-electron chi connectivity index (χ1n) is 8.64. The number of benzene rings is 1. The maximum atomic E-state index is 12.5. The third-order valence-electron chi connectivity index (χ3n) is 4.51. The lowest BCUT2D eigenvalue weighted by Crippen LogP contribution is -2.23. The van der Waals surface area contributed by atoms with Gasteiger partial charge in [-0.05, 0) is 24.3 Å². The van der Waals surface area contributed by atoms with E-state index in [1.807, 2.05) is 18.3 Å². The summed E-state index contributed by atoms with van der Waals surface area (Å²) in [4.78, 5) is 19.9. The average Bonchev–Trinajstić information content (AvgIpc) is 3.15. The van der Waals surface area contributed by atoms with Crippen LogP contribution in [0.1, 0.15) is 15.9 Å². The summed E-state index contributed by atoms with van der Waals surface area (Å²) < 4.78 is 23.4. The maximum Gasteiger partial charge on any atom is 0.251 e. The molecule has 1 saturated heterocycles. The van der Waals surface area contributed by atoms with Crippen LogP contribution in [0, 0.1) is 0 Å². The highest BCUT2D eigenvalue weighted by molar-refractivity contribution is 8.15. The molecular formula is C18H18ClN4O3S2+. The molecule has 2 aliphatic rings. The van der Waals surface area contributed by atoms with Crippen LogP contribution in [0.5, 0.6) is 0 Å². The van der Waals surface area contributed by atoms with Crippen molar-refractivity contribution in [3.8, 4) is 0 Å². The lowest BCUT2D eigenvalue weighted by atomic mass is 10.2. The lowest BCUT2D eigenvalue weighted by Gasteiger charge is -2.11. The number of pyridine rings is 1. The fourth-order valence-electron chi connectivity index (χ4n) is 3.12. The molecule has 0 radical (unpaired) electrons. The minimum atomic E-state index is -2.99. The Hall–Kier alpha value is -2.10. The Bertz CT molecular complexity index is 1040. The van der Waals surface area contributed by atoms with Crippen molar-refractivity contribution < 1.29 is 18.2 Å². The molecule has 1 aromatic carbocycles. The van der Waals surface area contributed by atoms with E-state index >= 15 is 0 Å². The molecule has 7 nitrogen and oxygen atoms in total. The summed E-state index contributed by atoms with van der Waals surface area (Å²) in [7, 11) is -2.99. The molecule has 0 aliphatic carbocycles. The van der Waals surface area contributed by atoms with Crippen LogP contribution in [-0.2, 0) is 16.4 Å². The average molecular weight is 438 g/mol. The number of sulfone groups is 1. The number of rotatable bonds is 4. The van der Waals surface area contributed by atoms with Crippen LogP contribution in [-0.4, -0.2) is 42.3 Å². The zero-order valence-corrected chi connectivity index (χ0v) is 17.1. The molecule has 2 aromatic rings. The molecule has 0 spiro atoms. The molecule has 28 heavy (non-hydrogen) atoms. The number of hydrogen-bond donors (Lipinski definition) is 2. The van der Waals surface area contributed by atoms with Crippen LogP contribution in [0.4, 0.5) is 5.69 Å². The van der Waals surface area contributed by atoms with Gasteiger partial charge in [-0.2, -0.15) is 0 Å². The molecule has 4 rings (SSSR count). The number of carbonyl (C=O) groups is 1. The Morgan fingerprint density at radius 3 is 2.93 bits per heavy atom. The van der Waals surface area contributed by atoms with Crippen LogP contribution >= 0.6 is 23.4 Å². The van der Waals surface area contributed by atoms with Gasteiger partial charge in [0.25, 0.3) is 5.91 Å². The van der Waals surface area contributed by atoms with Gasteiger partial charge in [0.1, 0.15) is 0 Å². The minimum absolute atomic E-state index is 0.0552. The highest BCUT2D eigenvalue weighted by atomic mass is 35.5. The number of aliphatic imine (C=N–C) groups is 1. The van der Waals surface area contributed by atoms with E-state index in [1.165, 1.54) is 11.8 Å². The second kappa shape index (κ2) is 7.73.